The number of carbonyl (C=O) groups excluding carboxylic acids is 1. The monoisotopic (exact) mass is 184 g/mol. The maximum atomic E-state index is 11.5. The zero-order chi connectivity index (χ0) is 9.84. The molecular weight excluding hydrogens is 164 g/mol. The van der Waals surface area contributed by atoms with Gasteiger partial charge in [-0.3, -0.25) is 4.79 Å². The molecule has 2 atom stereocenters. The van der Waals surface area contributed by atoms with Crippen LogP contribution in [0.4, 0.5) is 0 Å². The lowest BCUT2D eigenvalue weighted by molar-refractivity contribution is -0.130. The fourth-order valence-electron chi connectivity index (χ4n) is 1.81. The SMILES string of the molecule is CCCC(=O)N1CCC(C(C)N)C1. The summed E-state index contributed by atoms with van der Waals surface area (Å²) in [5.41, 5.74) is 5.80. The van der Waals surface area contributed by atoms with E-state index in [0.29, 0.717) is 18.2 Å². The minimum Gasteiger partial charge on any atom is -0.342 e. The largest absolute Gasteiger partial charge is 0.342 e. The zero-order valence-electron chi connectivity index (χ0n) is 8.62. The molecule has 1 amide bonds. The second kappa shape index (κ2) is 4.61. The highest BCUT2D eigenvalue weighted by molar-refractivity contribution is 5.76. The Morgan fingerprint density at radius 3 is 2.85 bits per heavy atom. The highest BCUT2D eigenvalue weighted by Crippen LogP contribution is 2.19. The van der Waals surface area contributed by atoms with E-state index in [2.05, 4.69) is 0 Å². The Balaban J connectivity index is 2.36. The first kappa shape index (κ1) is 10.5. The Hall–Kier alpha value is -0.570. The highest BCUT2D eigenvalue weighted by atomic mass is 16.2. The first-order valence-electron chi connectivity index (χ1n) is 5.18. The topological polar surface area (TPSA) is 46.3 Å². The van der Waals surface area contributed by atoms with E-state index >= 15 is 0 Å². The molecule has 13 heavy (non-hydrogen) atoms. The molecule has 0 aromatic heterocycles. The molecule has 0 saturated carbocycles. The second-order valence-electron chi connectivity index (χ2n) is 4.00. The predicted octanol–water partition coefficient (Wildman–Crippen LogP) is 0.982. The highest BCUT2D eigenvalue weighted by Gasteiger charge is 2.27. The van der Waals surface area contributed by atoms with Gasteiger partial charge in [0.25, 0.3) is 0 Å². The molecule has 2 unspecified atom stereocenters. The van der Waals surface area contributed by atoms with Crippen LogP contribution in [-0.2, 0) is 4.79 Å². The fraction of sp³-hybridized carbons (Fsp3) is 0.900. The van der Waals surface area contributed by atoms with Crippen molar-refractivity contribution in [2.75, 3.05) is 13.1 Å². The number of rotatable bonds is 3. The van der Waals surface area contributed by atoms with Crippen molar-refractivity contribution in [3.8, 4) is 0 Å². The van der Waals surface area contributed by atoms with E-state index in [1.807, 2.05) is 18.7 Å². The van der Waals surface area contributed by atoms with E-state index < -0.39 is 0 Å². The van der Waals surface area contributed by atoms with Gasteiger partial charge in [0.05, 0.1) is 0 Å². The molecule has 3 nitrogen and oxygen atoms in total. The molecule has 76 valence electrons. The van der Waals surface area contributed by atoms with Gasteiger partial charge >= 0.3 is 0 Å². The van der Waals surface area contributed by atoms with E-state index in [1.54, 1.807) is 0 Å². The van der Waals surface area contributed by atoms with E-state index in [9.17, 15) is 4.79 Å². The fourth-order valence-corrected chi connectivity index (χ4v) is 1.81. The molecule has 1 aliphatic rings. The van der Waals surface area contributed by atoms with Gasteiger partial charge in [0.1, 0.15) is 0 Å². The summed E-state index contributed by atoms with van der Waals surface area (Å²) in [5.74, 6) is 0.812. The summed E-state index contributed by atoms with van der Waals surface area (Å²) in [4.78, 5) is 13.5. The molecule has 1 heterocycles. The molecule has 1 saturated heterocycles. The van der Waals surface area contributed by atoms with Gasteiger partial charge in [-0.2, -0.15) is 0 Å². The average Bonchev–Trinajstić information content (AvgIpc) is 2.52. The van der Waals surface area contributed by atoms with E-state index in [0.717, 1.165) is 25.9 Å². The summed E-state index contributed by atoms with van der Waals surface area (Å²) in [5, 5.41) is 0. The van der Waals surface area contributed by atoms with Gasteiger partial charge in [-0.1, -0.05) is 6.92 Å². The Labute approximate surface area is 80.3 Å². The molecule has 1 fully saturated rings. The van der Waals surface area contributed by atoms with E-state index in [1.165, 1.54) is 0 Å². The lowest BCUT2D eigenvalue weighted by Crippen LogP contribution is -2.32. The van der Waals surface area contributed by atoms with Gasteiger partial charge in [-0.25, -0.2) is 0 Å². The zero-order valence-corrected chi connectivity index (χ0v) is 8.62. The average molecular weight is 184 g/mol. The quantitative estimate of drug-likeness (QED) is 0.710. The van der Waals surface area contributed by atoms with Crippen LogP contribution in [0.2, 0.25) is 0 Å². The van der Waals surface area contributed by atoms with Gasteiger partial charge in [-0.05, 0) is 25.7 Å². The van der Waals surface area contributed by atoms with Crippen molar-refractivity contribution in [1.82, 2.24) is 4.90 Å². The van der Waals surface area contributed by atoms with Crippen LogP contribution in [-0.4, -0.2) is 29.9 Å². The maximum Gasteiger partial charge on any atom is 0.222 e. The normalized spacial score (nSPS) is 24.8. The Bertz CT molecular complexity index is 180. The van der Waals surface area contributed by atoms with Crippen molar-refractivity contribution in [1.29, 1.82) is 0 Å². The molecule has 2 N–H and O–H groups in total. The van der Waals surface area contributed by atoms with Crippen LogP contribution in [0, 0.1) is 5.92 Å². The molecule has 0 aromatic rings. The summed E-state index contributed by atoms with van der Waals surface area (Å²) in [6.07, 6.45) is 2.71. The van der Waals surface area contributed by atoms with Crippen molar-refractivity contribution in [3.05, 3.63) is 0 Å². The van der Waals surface area contributed by atoms with Crippen molar-refractivity contribution in [3.63, 3.8) is 0 Å². The molecular formula is C10H20N2O. The van der Waals surface area contributed by atoms with E-state index in [-0.39, 0.29) is 6.04 Å². The summed E-state index contributed by atoms with van der Waals surface area (Å²) in [7, 11) is 0. The smallest absolute Gasteiger partial charge is 0.222 e. The van der Waals surface area contributed by atoms with Crippen LogP contribution in [0.25, 0.3) is 0 Å². The standard InChI is InChI=1S/C10H20N2O/c1-3-4-10(13)12-6-5-9(7-12)8(2)11/h8-9H,3-7,11H2,1-2H3. The Kier molecular flexibility index (Phi) is 3.72. The number of amides is 1. The van der Waals surface area contributed by atoms with Gasteiger partial charge in [0, 0.05) is 25.6 Å². The van der Waals surface area contributed by atoms with Crippen LogP contribution in [0.3, 0.4) is 0 Å². The van der Waals surface area contributed by atoms with Gasteiger partial charge in [0.15, 0.2) is 0 Å². The third-order valence-corrected chi connectivity index (χ3v) is 2.78. The Morgan fingerprint density at radius 1 is 1.69 bits per heavy atom. The predicted molar refractivity (Wildman–Crippen MR) is 53.2 cm³/mol. The number of carbonyl (C=O) groups is 1. The molecule has 0 spiro atoms. The minimum absolute atomic E-state index is 0.222. The van der Waals surface area contributed by atoms with E-state index in [4.69, 9.17) is 5.73 Å². The van der Waals surface area contributed by atoms with Crippen molar-refractivity contribution >= 4 is 5.91 Å². The molecule has 0 radical (unpaired) electrons. The van der Waals surface area contributed by atoms with Gasteiger partial charge < -0.3 is 10.6 Å². The lowest BCUT2D eigenvalue weighted by Gasteiger charge is -2.17. The van der Waals surface area contributed by atoms with Crippen LogP contribution >= 0.6 is 0 Å². The third kappa shape index (κ3) is 2.69. The second-order valence-corrected chi connectivity index (χ2v) is 4.00. The van der Waals surface area contributed by atoms with Crippen LogP contribution in [0.15, 0.2) is 0 Å². The first-order chi connectivity index (χ1) is 6.15. The number of hydrogen-bond acceptors (Lipinski definition) is 2. The van der Waals surface area contributed by atoms with Crippen LogP contribution < -0.4 is 5.73 Å². The third-order valence-electron chi connectivity index (χ3n) is 2.78. The summed E-state index contributed by atoms with van der Waals surface area (Å²) in [6, 6.07) is 0.222. The minimum atomic E-state index is 0.222. The number of nitrogens with zero attached hydrogens (tertiary/aromatic N) is 1. The summed E-state index contributed by atoms with van der Waals surface area (Å²) in [6.45, 7) is 5.84. The van der Waals surface area contributed by atoms with Gasteiger partial charge in [0.2, 0.25) is 5.91 Å². The van der Waals surface area contributed by atoms with Crippen molar-refractivity contribution in [2.45, 2.75) is 39.2 Å². The lowest BCUT2D eigenvalue weighted by atomic mass is 10.0. The molecule has 1 aliphatic heterocycles. The molecule has 0 bridgehead atoms. The van der Waals surface area contributed by atoms with Crippen LogP contribution in [0.5, 0.6) is 0 Å². The summed E-state index contributed by atoms with van der Waals surface area (Å²) >= 11 is 0. The molecule has 1 rings (SSSR count). The van der Waals surface area contributed by atoms with Gasteiger partial charge in [-0.15, -0.1) is 0 Å². The molecule has 0 aromatic carbocycles. The van der Waals surface area contributed by atoms with Crippen molar-refractivity contribution < 1.29 is 4.79 Å². The number of likely N-dealkylation sites (tertiary alicyclic amines) is 1. The Morgan fingerprint density at radius 2 is 2.38 bits per heavy atom. The first-order valence-corrected chi connectivity index (χ1v) is 5.18. The van der Waals surface area contributed by atoms with Crippen molar-refractivity contribution in [2.24, 2.45) is 11.7 Å². The number of hydrogen-bond donors (Lipinski definition) is 1. The van der Waals surface area contributed by atoms with Crippen LogP contribution in [0.1, 0.15) is 33.1 Å². The maximum absolute atomic E-state index is 11.5. The molecule has 0 aliphatic carbocycles. The summed E-state index contributed by atoms with van der Waals surface area (Å²) < 4.78 is 0. The molecule has 3 heteroatoms. The number of nitrogens with two attached hydrogens (primary N) is 1.